The zero-order chi connectivity index (χ0) is 20.9. The second-order valence-corrected chi connectivity index (χ2v) is 7.07. The van der Waals surface area contributed by atoms with Crippen LogP contribution in [0.15, 0.2) is 0 Å². The zero-order valence-corrected chi connectivity index (χ0v) is 17.8. The Morgan fingerprint density at radius 3 is 0.741 bits per heavy atom. The molecule has 3 heterocycles. The van der Waals surface area contributed by atoms with E-state index in [2.05, 4.69) is 0 Å². The zero-order valence-electron chi connectivity index (χ0n) is 17.8. The third-order valence-corrected chi connectivity index (χ3v) is 3.62. The molecule has 0 aromatic heterocycles. The van der Waals surface area contributed by atoms with Crippen LogP contribution in [0.25, 0.3) is 0 Å². The maximum atomic E-state index is 9.92. The van der Waals surface area contributed by atoms with E-state index in [0.717, 1.165) is 39.6 Å². The lowest BCUT2D eigenvalue weighted by atomic mass is 10.2. The van der Waals surface area contributed by atoms with Gasteiger partial charge < -0.3 is 25.7 Å². The lowest BCUT2D eigenvalue weighted by Gasteiger charge is -1.90. The van der Waals surface area contributed by atoms with Crippen LogP contribution in [0.5, 0.6) is 0 Å². The average Bonchev–Trinajstić information content (AvgIpc) is 3.44. The molecule has 2 amide bonds. The molecule has 7 nitrogen and oxygen atoms in total. The minimum Gasteiger partial charge on any atom is -0.381 e. The molecule has 3 fully saturated rings. The highest BCUT2D eigenvalue weighted by Crippen LogP contribution is 1.99. The molecule has 27 heavy (non-hydrogen) atoms. The third-order valence-electron chi connectivity index (χ3n) is 3.62. The Kier molecular flexibility index (Phi) is 21.9. The minimum absolute atomic E-state index is 0.00926. The minimum atomic E-state index is -0.241. The smallest absolute Gasteiger partial charge is 0.219 e. The molecule has 0 saturated carbocycles. The summed E-state index contributed by atoms with van der Waals surface area (Å²) in [5.74, 6) is -0.500. The predicted molar refractivity (Wildman–Crippen MR) is 108 cm³/mol. The van der Waals surface area contributed by atoms with Crippen molar-refractivity contribution >= 4 is 11.8 Å². The molecule has 0 atom stereocenters. The van der Waals surface area contributed by atoms with E-state index in [1.54, 1.807) is 27.7 Å². The number of primary amides is 2. The number of hydrogen-bond donors (Lipinski definition) is 2. The van der Waals surface area contributed by atoms with Crippen LogP contribution in [0, 0.1) is 11.8 Å². The molecule has 4 N–H and O–H groups in total. The molecule has 0 aliphatic carbocycles. The van der Waals surface area contributed by atoms with Gasteiger partial charge in [0.25, 0.3) is 0 Å². The van der Waals surface area contributed by atoms with Crippen molar-refractivity contribution in [2.24, 2.45) is 23.3 Å². The fourth-order valence-corrected chi connectivity index (χ4v) is 1.53. The number of rotatable bonds is 2. The van der Waals surface area contributed by atoms with Crippen molar-refractivity contribution in [3.63, 3.8) is 0 Å². The summed E-state index contributed by atoms with van der Waals surface area (Å²) in [7, 11) is 0. The summed E-state index contributed by atoms with van der Waals surface area (Å²) in [4.78, 5) is 19.8. The first-order chi connectivity index (χ1) is 12.8. The SMILES string of the molecule is C1CCOC1.C1CCOC1.C1CCOC1.CC(C)C(N)=O.CC(C)C(N)=O. The highest BCUT2D eigenvalue weighted by Gasteiger charge is 1.97. The highest BCUT2D eigenvalue weighted by atomic mass is 16.5. The Hall–Kier alpha value is -1.18. The Morgan fingerprint density at radius 1 is 0.556 bits per heavy atom. The van der Waals surface area contributed by atoms with Crippen LogP contribution in [0.1, 0.15) is 66.2 Å². The quantitative estimate of drug-likeness (QED) is 0.752. The van der Waals surface area contributed by atoms with E-state index in [1.807, 2.05) is 0 Å². The van der Waals surface area contributed by atoms with Gasteiger partial charge in [0.1, 0.15) is 0 Å². The first-order valence-corrected chi connectivity index (χ1v) is 10.1. The number of carbonyl (C=O) groups is 2. The first kappa shape index (κ1) is 28.0. The number of ether oxygens (including phenoxy) is 3. The summed E-state index contributed by atoms with van der Waals surface area (Å²) >= 11 is 0. The molecule has 0 aromatic rings. The van der Waals surface area contributed by atoms with Crippen molar-refractivity contribution in [3.8, 4) is 0 Å². The molecule has 0 bridgehead atoms. The summed E-state index contributed by atoms with van der Waals surface area (Å²) in [5.41, 5.74) is 9.59. The second kappa shape index (κ2) is 21.1. The van der Waals surface area contributed by atoms with E-state index in [0.29, 0.717) is 0 Å². The van der Waals surface area contributed by atoms with Gasteiger partial charge in [-0.3, -0.25) is 9.59 Å². The Bertz CT molecular complexity index is 273. The monoisotopic (exact) mass is 390 g/mol. The second-order valence-electron chi connectivity index (χ2n) is 7.07. The van der Waals surface area contributed by atoms with Crippen molar-refractivity contribution < 1.29 is 23.8 Å². The fourth-order valence-electron chi connectivity index (χ4n) is 1.53. The van der Waals surface area contributed by atoms with Gasteiger partial charge in [0.05, 0.1) is 0 Å². The van der Waals surface area contributed by atoms with Gasteiger partial charge in [-0.1, -0.05) is 27.7 Å². The van der Waals surface area contributed by atoms with Crippen molar-refractivity contribution in [1.29, 1.82) is 0 Å². The summed E-state index contributed by atoms with van der Waals surface area (Å²) in [6.07, 6.45) is 7.67. The lowest BCUT2D eigenvalue weighted by molar-refractivity contribution is -0.121. The maximum Gasteiger partial charge on any atom is 0.219 e. The van der Waals surface area contributed by atoms with E-state index < -0.39 is 0 Å². The summed E-state index contributed by atoms with van der Waals surface area (Å²) in [6, 6.07) is 0. The molecule has 0 aromatic carbocycles. The molecule has 7 heteroatoms. The first-order valence-electron chi connectivity index (χ1n) is 10.1. The fraction of sp³-hybridized carbons (Fsp3) is 0.900. The summed E-state index contributed by atoms with van der Waals surface area (Å²) in [5, 5.41) is 0. The molecule has 0 radical (unpaired) electrons. The molecule has 0 unspecified atom stereocenters. The van der Waals surface area contributed by atoms with Gasteiger partial charge in [0.2, 0.25) is 11.8 Å². The Labute approximate surface area is 165 Å². The van der Waals surface area contributed by atoms with Crippen molar-refractivity contribution in [1.82, 2.24) is 0 Å². The van der Waals surface area contributed by atoms with E-state index in [4.69, 9.17) is 25.7 Å². The van der Waals surface area contributed by atoms with Gasteiger partial charge in [0, 0.05) is 51.5 Å². The van der Waals surface area contributed by atoms with Crippen LogP contribution >= 0.6 is 0 Å². The topological polar surface area (TPSA) is 114 Å². The van der Waals surface area contributed by atoms with Gasteiger partial charge in [-0.15, -0.1) is 0 Å². The van der Waals surface area contributed by atoms with Crippen LogP contribution in [0.3, 0.4) is 0 Å². The molecule has 3 aliphatic rings. The van der Waals surface area contributed by atoms with Crippen molar-refractivity contribution in [2.45, 2.75) is 66.2 Å². The summed E-state index contributed by atoms with van der Waals surface area (Å²) < 4.78 is 14.8. The molecule has 3 rings (SSSR count). The number of hydrogen-bond acceptors (Lipinski definition) is 5. The number of nitrogens with two attached hydrogens (primary N) is 2. The number of carbonyl (C=O) groups excluding carboxylic acids is 2. The van der Waals surface area contributed by atoms with E-state index in [-0.39, 0.29) is 23.7 Å². The van der Waals surface area contributed by atoms with Crippen LogP contribution < -0.4 is 11.5 Å². The predicted octanol–water partition coefficient (Wildman–Crippen LogP) is 2.65. The van der Waals surface area contributed by atoms with Gasteiger partial charge in [-0.2, -0.15) is 0 Å². The van der Waals surface area contributed by atoms with Crippen molar-refractivity contribution in [2.75, 3.05) is 39.6 Å². The maximum absolute atomic E-state index is 9.92. The van der Waals surface area contributed by atoms with Crippen LogP contribution in [-0.2, 0) is 23.8 Å². The standard InChI is InChI=1S/2C4H9NO.3C4H8O/c2*1-3(2)4(5)6;3*1-2-4-5-3-1/h2*3H,1-2H3,(H2,5,6);3*1-4H2. The molecular weight excluding hydrogens is 348 g/mol. The van der Waals surface area contributed by atoms with Crippen LogP contribution in [-0.4, -0.2) is 51.5 Å². The normalized spacial score (nSPS) is 17.4. The molecule has 162 valence electrons. The molecule has 3 saturated heterocycles. The highest BCUT2D eigenvalue weighted by molar-refractivity contribution is 5.75. The average molecular weight is 391 g/mol. The van der Waals surface area contributed by atoms with Gasteiger partial charge in [-0.25, -0.2) is 0 Å². The summed E-state index contributed by atoms with van der Waals surface area (Å²) in [6.45, 7) is 13.1. The number of amides is 2. The Balaban J connectivity index is 0. The van der Waals surface area contributed by atoms with Gasteiger partial charge >= 0.3 is 0 Å². The van der Waals surface area contributed by atoms with Crippen LogP contribution in [0.2, 0.25) is 0 Å². The Morgan fingerprint density at radius 2 is 0.704 bits per heavy atom. The van der Waals surface area contributed by atoms with Crippen molar-refractivity contribution in [3.05, 3.63) is 0 Å². The lowest BCUT2D eigenvalue weighted by Crippen LogP contribution is -2.17. The molecule has 3 aliphatic heterocycles. The third kappa shape index (κ3) is 27.1. The van der Waals surface area contributed by atoms with Gasteiger partial charge in [0.15, 0.2) is 0 Å². The van der Waals surface area contributed by atoms with Gasteiger partial charge in [-0.05, 0) is 38.5 Å². The molecule has 0 spiro atoms. The van der Waals surface area contributed by atoms with E-state index in [1.165, 1.54) is 38.5 Å². The largest absolute Gasteiger partial charge is 0.381 e. The van der Waals surface area contributed by atoms with Crippen LogP contribution in [0.4, 0.5) is 0 Å². The molecular formula is C20H42N2O5. The van der Waals surface area contributed by atoms with E-state index in [9.17, 15) is 9.59 Å². The van der Waals surface area contributed by atoms with E-state index >= 15 is 0 Å².